The Morgan fingerprint density at radius 2 is 1.86 bits per heavy atom. The fourth-order valence-corrected chi connectivity index (χ4v) is 3.26. The lowest BCUT2D eigenvalue weighted by molar-refractivity contribution is 0.100. The van der Waals surface area contributed by atoms with Gasteiger partial charge < -0.3 is 11.5 Å². The Balaban J connectivity index is 2.40. The van der Waals surface area contributed by atoms with Crippen LogP contribution in [0, 0.1) is 0 Å². The van der Waals surface area contributed by atoms with Gasteiger partial charge in [0.15, 0.2) is 0 Å². The Kier molecular flexibility index (Phi) is 4.06. The number of nitrogens with one attached hydrogen (secondary N) is 1. The zero-order chi connectivity index (χ0) is 15.6. The van der Waals surface area contributed by atoms with Gasteiger partial charge in [0.1, 0.15) is 4.90 Å². The van der Waals surface area contributed by atoms with Crippen molar-refractivity contribution in [1.29, 1.82) is 0 Å². The van der Waals surface area contributed by atoms with Crippen molar-refractivity contribution >= 4 is 38.9 Å². The van der Waals surface area contributed by atoms with Crippen LogP contribution in [0.5, 0.6) is 0 Å². The molecule has 0 saturated heterocycles. The van der Waals surface area contributed by atoms with Crippen molar-refractivity contribution in [2.24, 2.45) is 5.73 Å². The molecule has 0 aliphatic rings. The van der Waals surface area contributed by atoms with Crippen molar-refractivity contribution in [3.63, 3.8) is 0 Å². The van der Waals surface area contributed by atoms with Gasteiger partial charge in [-0.2, -0.15) is 0 Å². The van der Waals surface area contributed by atoms with Crippen LogP contribution in [0.2, 0.25) is 5.02 Å². The van der Waals surface area contributed by atoms with Crippen molar-refractivity contribution in [1.82, 2.24) is 0 Å². The topological polar surface area (TPSA) is 115 Å². The quantitative estimate of drug-likeness (QED) is 0.743. The first-order valence-corrected chi connectivity index (χ1v) is 7.63. The monoisotopic (exact) mass is 325 g/mol. The molecule has 0 aliphatic carbocycles. The van der Waals surface area contributed by atoms with Crippen molar-refractivity contribution < 1.29 is 13.2 Å². The first-order valence-electron chi connectivity index (χ1n) is 5.77. The number of rotatable bonds is 4. The molecule has 0 unspecified atom stereocenters. The van der Waals surface area contributed by atoms with Crippen molar-refractivity contribution in [3.05, 3.63) is 53.1 Å². The van der Waals surface area contributed by atoms with Gasteiger partial charge in [0.25, 0.3) is 10.0 Å². The van der Waals surface area contributed by atoms with Gasteiger partial charge in [-0.25, -0.2) is 8.42 Å². The van der Waals surface area contributed by atoms with E-state index in [0.717, 1.165) is 0 Å². The maximum absolute atomic E-state index is 12.3. The van der Waals surface area contributed by atoms with Crippen molar-refractivity contribution in [2.75, 3.05) is 10.5 Å². The van der Waals surface area contributed by atoms with Gasteiger partial charge in [-0.1, -0.05) is 17.7 Å². The van der Waals surface area contributed by atoms with E-state index in [1.54, 1.807) is 0 Å². The standard InChI is InChI=1S/C13H12ClN3O3S/c14-11-5-4-9(15)7-12(11)21(19,20)17-10-3-1-2-8(6-10)13(16)18/h1-7,17H,15H2,(H2,16,18). The predicted molar refractivity (Wildman–Crippen MR) is 81.6 cm³/mol. The number of halogens is 1. The van der Waals surface area contributed by atoms with Crippen LogP contribution in [-0.4, -0.2) is 14.3 Å². The molecule has 0 fully saturated rings. The molecule has 2 aromatic carbocycles. The third-order valence-electron chi connectivity index (χ3n) is 2.64. The van der Waals surface area contributed by atoms with Gasteiger partial charge in [-0.05, 0) is 36.4 Å². The smallest absolute Gasteiger partial charge is 0.263 e. The molecule has 0 bridgehead atoms. The minimum absolute atomic E-state index is 0.0442. The second kappa shape index (κ2) is 5.63. The molecule has 1 amide bonds. The van der Waals surface area contributed by atoms with E-state index in [1.165, 1.54) is 42.5 Å². The zero-order valence-electron chi connectivity index (χ0n) is 10.7. The van der Waals surface area contributed by atoms with Crippen molar-refractivity contribution in [3.8, 4) is 0 Å². The highest BCUT2D eigenvalue weighted by molar-refractivity contribution is 7.92. The number of benzene rings is 2. The number of carbonyl (C=O) groups is 1. The zero-order valence-corrected chi connectivity index (χ0v) is 12.3. The summed E-state index contributed by atoms with van der Waals surface area (Å²) in [7, 11) is -3.92. The van der Waals surface area contributed by atoms with Crippen LogP contribution in [0.15, 0.2) is 47.4 Å². The van der Waals surface area contributed by atoms with E-state index >= 15 is 0 Å². The first kappa shape index (κ1) is 15.1. The van der Waals surface area contributed by atoms with E-state index in [-0.39, 0.29) is 26.9 Å². The number of amides is 1. The predicted octanol–water partition coefficient (Wildman–Crippen LogP) is 1.82. The number of hydrogen-bond donors (Lipinski definition) is 3. The summed E-state index contributed by atoms with van der Waals surface area (Å²) >= 11 is 5.88. The molecule has 0 aliphatic heterocycles. The Bertz CT molecular complexity index is 806. The molecule has 0 radical (unpaired) electrons. The van der Waals surface area contributed by atoms with E-state index in [9.17, 15) is 13.2 Å². The van der Waals surface area contributed by atoms with Gasteiger partial charge >= 0.3 is 0 Å². The maximum atomic E-state index is 12.3. The minimum Gasteiger partial charge on any atom is -0.399 e. The molecule has 0 spiro atoms. The second-order valence-electron chi connectivity index (χ2n) is 4.24. The molecule has 0 saturated carbocycles. The molecule has 2 aromatic rings. The van der Waals surface area contributed by atoms with Gasteiger partial charge in [0, 0.05) is 16.9 Å². The molecule has 21 heavy (non-hydrogen) atoms. The van der Waals surface area contributed by atoms with Crippen LogP contribution in [0.1, 0.15) is 10.4 Å². The molecule has 6 nitrogen and oxygen atoms in total. The second-order valence-corrected chi connectivity index (χ2v) is 6.30. The summed E-state index contributed by atoms with van der Waals surface area (Å²) in [5, 5.41) is 0.0442. The van der Waals surface area contributed by atoms with Gasteiger partial charge in [-0.15, -0.1) is 0 Å². The number of nitrogen functional groups attached to an aromatic ring is 1. The molecule has 110 valence electrons. The van der Waals surface area contributed by atoms with E-state index in [4.69, 9.17) is 23.1 Å². The van der Waals surface area contributed by atoms with Crippen molar-refractivity contribution in [2.45, 2.75) is 4.90 Å². The van der Waals surface area contributed by atoms with Crippen LogP contribution in [-0.2, 0) is 10.0 Å². The van der Waals surface area contributed by atoms with E-state index in [1.807, 2.05) is 0 Å². The molecule has 5 N–H and O–H groups in total. The Morgan fingerprint density at radius 1 is 1.14 bits per heavy atom. The number of primary amides is 1. The fourth-order valence-electron chi connectivity index (χ4n) is 1.67. The minimum atomic E-state index is -3.92. The fraction of sp³-hybridized carbons (Fsp3) is 0. The molecule has 0 aromatic heterocycles. The largest absolute Gasteiger partial charge is 0.399 e. The van der Waals surface area contributed by atoms with E-state index in [2.05, 4.69) is 4.72 Å². The summed E-state index contributed by atoms with van der Waals surface area (Å²) in [4.78, 5) is 11.0. The van der Waals surface area contributed by atoms with Crippen LogP contribution >= 0.6 is 11.6 Å². The normalized spacial score (nSPS) is 11.1. The summed E-state index contributed by atoms with van der Waals surface area (Å²) in [5.41, 5.74) is 11.4. The molecule has 0 heterocycles. The van der Waals surface area contributed by atoms with Crippen LogP contribution < -0.4 is 16.2 Å². The summed E-state index contributed by atoms with van der Waals surface area (Å²) in [5.74, 6) is -0.655. The van der Waals surface area contributed by atoms with Crippen LogP contribution in [0.25, 0.3) is 0 Å². The Morgan fingerprint density at radius 3 is 2.52 bits per heavy atom. The molecule has 2 rings (SSSR count). The average Bonchev–Trinajstić information content (AvgIpc) is 2.41. The van der Waals surface area contributed by atoms with E-state index in [0.29, 0.717) is 0 Å². The summed E-state index contributed by atoms with van der Waals surface area (Å²) < 4.78 is 26.9. The Hall–Kier alpha value is -2.25. The number of carbonyl (C=O) groups excluding carboxylic acids is 1. The summed E-state index contributed by atoms with van der Waals surface area (Å²) in [6.45, 7) is 0. The lowest BCUT2D eigenvalue weighted by Crippen LogP contribution is -2.15. The molecular formula is C13H12ClN3O3S. The van der Waals surface area contributed by atoms with Gasteiger partial charge in [-0.3, -0.25) is 9.52 Å². The van der Waals surface area contributed by atoms with Gasteiger partial charge in [0.2, 0.25) is 5.91 Å². The lowest BCUT2D eigenvalue weighted by atomic mass is 10.2. The first-order chi connectivity index (χ1) is 9.79. The third kappa shape index (κ3) is 3.45. The number of nitrogens with two attached hydrogens (primary N) is 2. The highest BCUT2D eigenvalue weighted by Crippen LogP contribution is 2.26. The molecular weight excluding hydrogens is 314 g/mol. The van der Waals surface area contributed by atoms with Gasteiger partial charge in [0.05, 0.1) is 5.02 Å². The van der Waals surface area contributed by atoms with Crippen LogP contribution in [0.4, 0.5) is 11.4 Å². The summed E-state index contributed by atoms with van der Waals surface area (Å²) in [6, 6.07) is 9.96. The SMILES string of the molecule is NC(=O)c1cccc(NS(=O)(=O)c2cc(N)ccc2Cl)c1. The average molecular weight is 326 g/mol. The van der Waals surface area contributed by atoms with Crippen LogP contribution in [0.3, 0.4) is 0 Å². The maximum Gasteiger partial charge on any atom is 0.263 e. The number of hydrogen-bond acceptors (Lipinski definition) is 4. The number of sulfonamides is 1. The highest BCUT2D eigenvalue weighted by Gasteiger charge is 2.18. The Labute approximate surface area is 126 Å². The molecule has 8 heteroatoms. The lowest BCUT2D eigenvalue weighted by Gasteiger charge is -2.10. The summed E-state index contributed by atoms with van der Waals surface area (Å²) in [6.07, 6.45) is 0. The highest BCUT2D eigenvalue weighted by atomic mass is 35.5. The number of anilines is 2. The third-order valence-corrected chi connectivity index (χ3v) is 4.51. The molecule has 0 atom stereocenters. The van der Waals surface area contributed by atoms with E-state index < -0.39 is 15.9 Å².